The molecule has 0 fully saturated rings. The maximum absolute atomic E-state index is 8.35. The quantitative estimate of drug-likeness (QED) is 0.755. The van der Waals surface area contributed by atoms with E-state index < -0.39 is 0 Å². The van der Waals surface area contributed by atoms with Crippen LogP contribution in [-0.4, -0.2) is 5.75 Å². The third-order valence-corrected chi connectivity index (χ3v) is 3.40. The zero-order chi connectivity index (χ0) is 10.2. The Hall–Kier alpha value is -0.460. The van der Waals surface area contributed by atoms with Gasteiger partial charge in [-0.3, -0.25) is 0 Å². The molecule has 14 heavy (non-hydrogen) atoms. The second-order valence-electron chi connectivity index (χ2n) is 2.94. The molecule has 0 aliphatic heterocycles. The molecule has 3 heteroatoms. The fourth-order valence-corrected chi connectivity index (χ4v) is 2.21. The van der Waals surface area contributed by atoms with Crippen molar-refractivity contribution < 1.29 is 0 Å². The smallest absolute Gasteiger partial charge is 0.0622 e. The van der Waals surface area contributed by atoms with Crippen molar-refractivity contribution in [2.75, 3.05) is 5.75 Å². The number of benzene rings is 1. The molecule has 0 saturated heterocycles. The molecular weight excluding hydrogens is 258 g/mol. The summed E-state index contributed by atoms with van der Waals surface area (Å²) in [5.74, 6) is 2.11. The van der Waals surface area contributed by atoms with Crippen LogP contribution in [0.2, 0.25) is 0 Å². The lowest BCUT2D eigenvalue weighted by molar-refractivity contribution is 0.981. The maximum atomic E-state index is 8.35. The highest BCUT2D eigenvalue weighted by molar-refractivity contribution is 9.10. The molecule has 0 atom stereocenters. The van der Waals surface area contributed by atoms with Crippen LogP contribution in [-0.2, 0) is 5.75 Å². The van der Waals surface area contributed by atoms with E-state index in [-0.39, 0.29) is 0 Å². The summed E-state index contributed by atoms with van der Waals surface area (Å²) in [6, 6.07) is 10.5. The van der Waals surface area contributed by atoms with E-state index in [1.54, 1.807) is 0 Å². The van der Waals surface area contributed by atoms with Crippen LogP contribution in [0.3, 0.4) is 0 Å². The Bertz CT molecular complexity index is 302. The molecule has 1 aromatic rings. The number of halogens is 1. The first-order chi connectivity index (χ1) is 6.83. The van der Waals surface area contributed by atoms with E-state index in [9.17, 15) is 0 Å². The lowest BCUT2D eigenvalue weighted by Gasteiger charge is -2.00. The van der Waals surface area contributed by atoms with E-state index in [1.165, 1.54) is 5.56 Å². The molecule has 0 aliphatic carbocycles. The molecule has 0 aromatic heterocycles. The van der Waals surface area contributed by atoms with Crippen molar-refractivity contribution in [2.45, 2.75) is 18.6 Å². The number of hydrogen-bond acceptors (Lipinski definition) is 2. The molecular formula is C11H12BrNS. The van der Waals surface area contributed by atoms with Gasteiger partial charge in [-0.2, -0.15) is 17.0 Å². The van der Waals surface area contributed by atoms with Crippen molar-refractivity contribution in [3.63, 3.8) is 0 Å². The monoisotopic (exact) mass is 269 g/mol. The highest BCUT2D eigenvalue weighted by Crippen LogP contribution is 2.16. The van der Waals surface area contributed by atoms with Gasteiger partial charge < -0.3 is 0 Å². The molecule has 0 bridgehead atoms. The van der Waals surface area contributed by atoms with Crippen molar-refractivity contribution in [2.24, 2.45) is 0 Å². The number of hydrogen-bond donors (Lipinski definition) is 0. The van der Waals surface area contributed by atoms with Crippen LogP contribution in [0.25, 0.3) is 0 Å². The fraction of sp³-hybridized carbons (Fsp3) is 0.364. The van der Waals surface area contributed by atoms with Gasteiger partial charge in [0, 0.05) is 16.6 Å². The minimum atomic E-state index is 0.674. The number of nitrogens with zero attached hydrogens (tertiary/aromatic N) is 1. The molecule has 0 radical (unpaired) electrons. The van der Waals surface area contributed by atoms with E-state index in [0.717, 1.165) is 22.4 Å². The number of thioether (sulfide) groups is 1. The first kappa shape index (κ1) is 11.6. The van der Waals surface area contributed by atoms with E-state index in [2.05, 4.69) is 46.3 Å². The zero-order valence-corrected chi connectivity index (χ0v) is 10.3. The summed E-state index contributed by atoms with van der Waals surface area (Å²) in [6.07, 6.45) is 1.67. The Morgan fingerprint density at radius 2 is 2.00 bits per heavy atom. The topological polar surface area (TPSA) is 23.8 Å². The Labute approximate surface area is 97.6 Å². The predicted molar refractivity (Wildman–Crippen MR) is 65.2 cm³/mol. The molecule has 0 unspecified atom stereocenters. The van der Waals surface area contributed by atoms with Crippen molar-refractivity contribution in [3.8, 4) is 6.07 Å². The summed E-state index contributed by atoms with van der Waals surface area (Å²) >= 11 is 5.29. The normalized spacial score (nSPS) is 9.71. The summed E-state index contributed by atoms with van der Waals surface area (Å²) < 4.78 is 1.12. The van der Waals surface area contributed by atoms with Gasteiger partial charge >= 0.3 is 0 Å². The molecule has 0 saturated carbocycles. The summed E-state index contributed by atoms with van der Waals surface area (Å²) in [5, 5.41) is 8.35. The maximum Gasteiger partial charge on any atom is 0.0622 e. The standard InChI is InChI=1S/C11H12BrNS/c12-11-5-3-10(4-6-11)9-14-8-2-1-7-13/h3-6H,1-2,8-9H2. The molecule has 0 N–H and O–H groups in total. The number of nitriles is 1. The van der Waals surface area contributed by atoms with Crippen LogP contribution in [0.1, 0.15) is 18.4 Å². The second-order valence-corrected chi connectivity index (χ2v) is 4.96. The van der Waals surface area contributed by atoms with Crippen molar-refractivity contribution >= 4 is 27.7 Å². The molecule has 0 heterocycles. The Morgan fingerprint density at radius 1 is 1.29 bits per heavy atom. The summed E-state index contributed by atoms with van der Waals surface area (Å²) in [7, 11) is 0. The molecule has 0 spiro atoms. The number of unbranched alkanes of at least 4 members (excludes halogenated alkanes) is 1. The van der Waals surface area contributed by atoms with Gasteiger partial charge in [0.1, 0.15) is 0 Å². The molecule has 0 amide bonds. The van der Waals surface area contributed by atoms with Gasteiger partial charge in [-0.05, 0) is 29.9 Å². The second kappa shape index (κ2) is 6.92. The van der Waals surface area contributed by atoms with Crippen LogP contribution >= 0.6 is 27.7 Å². The van der Waals surface area contributed by atoms with Crippen LogP contribution < -0.4 is 0 Å². The predicted octanol–water partition coefficient (Wildman–Crippen LogP) is 3.99. The Kier molecular flexibility index (Phi) is 5.74. The Morgan fingerprint density at radius 3 is 2.64 bits per heavy atom. The van der Waals surface area contributed by atoms with Crippen LogP contribution in [0, 0.1) is 11.3 Å². The van der Waals surface area contributed by atoms with Gasteiger partial charge in [0.2, 0.25) is 0 Å². The SMILES string of the molecule is N#CCCCSCc1ccc(Br)cc1. The Balaban J connectivity index is 2.19. The zero-order valence-electron chi connectivity index (χ0n) is 7.87. The van der Waals surface area contributed by atoms with Crippen LogP contribution in [0.15, 0.2) is 28.7 Å². The van der Waals surface area contributed by atoms with Crippen molar-refractivity contribution in [1.82, 2.24) is 0 Å². The van der Waals surface area contributed by atoms with Gasteiger partial charge in [-0.25, -0.2) is 0 Å². The van der Waals surface area contributed by atoms with Gasteiger partial charge in [0.05, 0.1) is 6.07 Å². The average molecular weight is 270 g/mol. The molecule has 0 aliphatic rings. The van der Waals surface area contributed by atoms with Crippen molar-refractivity contribution in [3.05, 3.63) is 34.3 Å². The summed E-state index contributed by atoms with van der Waals surface area (Å²) in [6.45, 7) is 0. The van der Waals surface area contributed by atoms with Gasteiger partial charge in [0.25, 0.3) is 0 Å². The first-order valence-corrected chi connectivity index (χ1v) is 6.47. The highest BCUT2D eigenvalue weighted by atomic mass is 79.9. The summed E-state index contributed by atoms with van der Waals surface area (Å²) in [4.78, 5) is 0. The number of rotatable bonds is 5. The van der Waals surface area contributed by atoms with Gasteiger partial charge in [0.15, 0.2) is 0 Å². The largest absolute Gasteiger partial charge is 0.198 e. The lowest BCUT2D eigenvalue weighted by atomic mass is 10.2. The van der Waals surface area contributed by atoms with Crippen LogP contribution in [0.4, 0.5) is 0 Å². The molecule has 1 aromatic carbocycles. The third kappa shape index (κ3) is 4.69. The molecule has 74 valence electrons. The van der Waals surface area contributed by atoms with Gasteiger partial charge in [-0.15, -0.1) is 0 Å². The van der Waals surface area contributed by atoms with E-state index in [4.69, 9.17) is 5.26 Å². The van der Waals surface area contributed by atoms with E-state index in [0.29, 0.717) is 6.42 Å². The van der Waals surface area contributed by atoms with E-state index >= 15 is 0 Å². The van der Waals surface area contributed by atoms with E-state index in [1.807, 2.05) is 11.8 Å². The van der Waals surface area contributed by atoms with Gasteiger partial charge in [-0.1, -0.05) is 28.1 Å². The molecule has 1 rings (SSSR count). The third-order valence-electron chi connectivity index (χ3n) is 1.76. The minimum Gasteiger partial charge on any atom is -0.198 e. The van der Waals surface area contributed by atoms with Crippen LogP contribution in [0.5, 0.6) is 0 Å². The fourth-order valence-electron chi connectivity index (χ4n) is 1.02. The lowest BCUT2D eigenvalue weighted by Crippen LogP contribution is -1.83. The first-order valence-electron chi connectivity index (χ1n) is 4.52. The average Bonchev–Trinajstić information content (AvgIpc) is 2.21. The minimum absolute atomic E-state index is 0.674. The van der Waals surface area contributed by atoms with Crippen molar-refractivity contribution in [1.29, 1.82) is 5.26 Å². The highest BCUT2D eigenvalue weighted by Gasteiger charge is 1.93. The molecule has 1 nitrogen and oxygen atoms in total. The summed E-state index contributed by atoms with van der Waals surface area (Å²) in [5.41, 5.74) is 1.34.